The molecule has 1 amide bonds. The Balaban J connectivity index is 1.60. The van der Waals surface area contributed by atoms with E-state index < -0.39 is 6.10 Å². The minimum atomic E-state index is -0.425. The fourth-order valence-corrected chi connectivity index (χ4v) is 5.40. The molecule has 3 nitrogen and oxygen atoms in total. The molecule has 26 heavy (non-hydrogen) atoms. The van der Waals surface area contributed by atoms with E-state index in [0.717, 1.165) is 34.2 Å². The van der Waals surface area contributed by atoms with Crippen molar-refractivity contribution in [2.75, 3.05) is 6.54 Å². The van der Waals surface area contributed by atoms with Crippen molar-refractivity contribution in [3.8, 4) is 0 Å². The van der Waals surface area contributed by atoms with Gasteiger partial charge in [-0.15, -0.1) is 11.3 Å². The Kier molecular flexibility index (Phi) is 6.54. The monoisotopic (exact) mass is 435 g/mol. The highest BCUT2D eigenvalue weighted by atomic mass is 79.9. The first-order valence-corrected chi connectivity index (χ1v) is 10.9. The van der Waals surface area contributed by atoms with E-state index in [-0.39, 0.29) is 11.3 Å². The predicted octanol–water partition coefficient (Wildman–Crippen LogP) is 5.12. The van der Waals surface area contributed by atoms with Gasteiger partial charge in [0.25, 0.3) is 0 Å². The maximum absolute atomic E-state index is 12.4. The zero-order chi connectivity index (χ0) is 18.6. The number of thiophene rings is 1. The summed E-state index contributed by atoms with van der Waals surface area (Å²) in [5, 5.41) is 13.0. The minimum Gasteiger partial charge on any atom is -0.388 e. The van der Waals surface area contributed by atoms with Gasteiger partial charge in [0.05, 0.1) is 6.10 Å². The van der Waals surface area contributed by atoms with Gasteiger partial charge in [-0.05, 0) is 49.9 Å². The molecule has 1 unspecified atom stereocenters. The van der Waals surface area contributed by atoms with Gasteiger partial charge in [0.2, 0.25) is 5.91 Å². The Morgan fingerprint density at radius 3 is 2.65 bits per heavy atom. The lowest BCUT2D eigenvalue weighted by Gasteiger charge is -2.28. The van der Waals surface area contributed by atoms with E-state index in [1.165, 1.54) is 17.7 Å². The van der Waals surface area contributed by atoms with Crippen LogP contribution in [-0.4, -0.2) is 17.6 Å². The molecule has 1 aromatic carbocycles. The Morgan fingerprint density at radius 2 is 2.00 bits per heavy atom. The van der Waals surface area contributed by atoms with E-state index in [0.29, 0.717) is 13.0 Å². The lowest BCUT2D eigenvalue weighted by atomic mass is 9.84. The quantitative estimate of drug-likeness (QED) is 0.633. The van der Waals surface area contributed by atoms with Crippen LogP contribution in [0.3, 0.4) is 0 Å². The zero-order valence-corrected chi connectivity index (χ0v) is 17.5. The van der Waals surface area contributed by atoms with E-state index in [1.54, 1.807) is 18.3 Å². The summed E-state index contributed by atoms with van der Waals surface area (Å²) in [5.74, 6) is 0.110. The number of benzene rings is 1. The van der Waals surface area contributed by atoms with Crippen molar-refractivity contribution in [1.29, 1.82) is 0 Å². The largest absolute Gasteiger partial charge is 0.388 e. The molecule has 0 radical (unpaired) electrons. The summed E-state index contributed by atoms with van der Waals surface area (Å²) in [6, 6.07) is 12.2. The zero-order valence-electron chi connectivity index (χ0n) is 15.1. The van der Waals surface area contributed by atoms with Crippen LogP contribution in [0.5, 0.6) is 0 Å². The van der Waals surface area contributed by atoms with Crippen molar-refractivity contribution in [3.63, 3.8) is 0 Å². The summed E-state index contributed by atoms with van der Waals surface area (Å²) in [4.78, 5) is 14.7. The highest BCUT2D eigenvalue weighted by molar-refractivity contribution is 9.10. The number of amides is 1. The van der Waals surface area contributed by atoms with Crippen molar-refractivity contribution in [2.45, 2.75) is 57.0 Å². The first kappa shape index (κ1) is 19.6. The molecule has 2 N–H and O–H groups in total. The van der Waals surface area contributed by atoms with Crippen LogP contribution in [0.1, 0.15) is 60.4 Å². The molecule has 1 saturated carbocycles. The van der Waals surface area contributed by atoms with E-state index in [4.69, 9.17) is 0 Å². The van der Waals surface area contributed by atoms with Crippen molar-refractivity contribution < 1.29 is 9.90 Å². The second-order valence-corrected chi connectivity index (χ2v) is 9.20. The van der Waals surface area contributed by atoms with Crippen molar-refractivity contribution in [2.24, 2.45) is 0 Å². The third-order valence-electron chi connectivity index (χ3n) is 5.33. The van der Waals surface area contributed by atoms with Gasteiger partial charge in [-0.1, -0.05) is 47.0 Å². The van der Waals surface area contributed by atoms with E-state index >= 15 is 0 Å². The molecule has 140 valence electrons. The molecule has 0 saturated heterocycles. The van der Waals surface area contributed by atoms with Crippen LogP contribution in [0.25, 0.3) is 0 Å². The molecule has 3 rings (SSSR count). The first-order chi connectivity index (χ1) is 12.5. The Bertz CT molecular complexity index is 750. The molecular formula is C21H26BrNO2S. The van der Waals surface area contributed by atoms with Gasteiger partial charge < -0.3 is 10.4 Å². The standard InChI is InChI=1S/C21H26BrNO2S/c1-15(24)18-9-10-19(26-18)21(12-4-5-13-21)14-23-20(25)11-8-16-6-2-3-7-17(16)22/h2-3,6-7,9-10,15,24H,4-5,8,11-14H2,1H3,(H,23,25). The second kappa shape index (κ2) is 8.68. The summed E-state index contributed by atoms with van der Waals surface area (Å²) in [6.45, 7) is 2.50. The van der Waals surface area contributed by atoms with Crippen LogP contribution >= 0.6 is 27.3 Å². The lowest BCUT2D eigenvalue weighted by molar-refractivity contribution is -0.121. The molecule has 1 aliphatic rings. The smallest absolute Gasteiger partial charge is 0.220 e. The predicted molar refractivity (Wildman–Crippen MR) is 111 cm³/mol. The third kappa shape index (κ3) is 4.56. The number of aliphatic hydroxyl groups excluding tert-OH is 1. The highest BCUT2D eigenvalue weighted by Gasteiger charge is 2.37. The van der Waals surface area contributed by atoms with Crippen molar-refractivity contribution >= 4 is 33.2 Å². The number of aliphatic hydroxyl groups is 1. The normalized spacial score (nSPS) is 17.2. The van der Waals surface area contributed by atoms with Crippen LogP contribution < -0.4 is 5.32 Å². The molecule has 0 aliphatic heterocycles. The molecule has 1 fully saturated rings. The molecule has 5 heteroatoms. The van der Waals surface area contributed by atoms with Gasteiger partial charge in [0, 0.05) is 32.6 Å². The third-order valence-corrected chi connectivity index (χ3v) is 7.60. The van der Waals surface area contributed by atoms with Crippen LogP contribution in [0.4, 0.5) is 0 Å². The molecule has 1 atom stereocenters. The number of hydrogen-bond donors (Lipinski definition) is 2. The van der Waals surface area contributed by atoms with Crippen LogP contribution in [-0.2, 0) is 16.6 Å². The minimum absolute atomic E-state index is 0.0425. The molecular weight excluding hydrogens is 410 g/mol. The topological polar surface area (TPSA) is 49.3 Å². The Morgan fingerprint density at radius 1 is 1.27 bits per heavy atom. The maximum atomic E-state index is 12.4. The Labute approximate surface area is 168 Å². The number of carbonyl (C=O) groups excluding carboxylic acids is 1. The van der Waals surface area contributed by atoms with Gasteiger partial charge in [0.1, 0.15) is 0 Å². The maximum Gasteiger partial charge on any atom is 0.220 e. The number of rotatable bonds is 7. The van der Waals surface area contributed by atoms with Gasteiger partial charge in [0.15, 0.2) is 0 Å². The fourth-order valence-electron chi connectivity index (χ4n) is 3.73. The average molecular weight is 436 g/mol. The highest BCUT2D eigenvalue weighted by Crippen LogP contribution is 2.44. The first-order valence-electron chi connectivity index (χ1n) is 9.28. The number of carbonyl (C=O) groups is 1. The summed E-state index contributed by atoms with van der Waals surface area (Å²) in [6.07, 6.45) is 5.44. The summed E-state index contributed by atoms with van der Waals surface area (Å²) >= 11 is 5.23. The Hall–Kier alpha value is -1.17. The molecule has 0 bridgehead atoms. The molecule has 1 heterocycles. The van der Waals surface area contributed by atoms with Crippen molar-refractivity contribution in [3.05, 3.63) is 56.2 Å². The number of nitrogens with one attached hydrogen (secondary N) is 1. The fraction of sp³-hybridized carbons (Fsp3) is 0.476. The molecule has 1 aliphatic carbocycles. The van der Waals surface area contributed by atoms with Gasteiger partial charge in [-0.3, -0.25) is 4.79 Å². The summed E-state index contributed by atoms with van der Waals surface area (Å²) in [7, 11) is 0. The van der Waals surface area contributed by atoms with Gasteiger partial charge in [-0.25, -0.2) is 0 Å². The van der Waals surface area contributed by atoms with Gasteiger partial charge >= 0.3 is 0 Å². The van der Waals surface area contributed by atoms with Crippen LogP contribution in [0, 0.1) is 0 Å². The van der Waals surface area contributed by atoms with E-state index in [9.17, 15) is 9.90 Å². The van der Waals surface area contributed by atoms with Crippen LogP contribution in [0.15, 0.2) is 40.9 Å². The summed E-state index contributed by atoms with van der Waals surface area (Å²) < 4.78 is 1.06. The second-order valence-electron chi connectivity index (χ2n) is 7.23. The summed E-state index contributed by atoms with van der Waals surface area (Å²) in [5.41, 5.74) is 1.21. The average Bonchev–Trinajstić information content (AvgIpc) is 3.29. The molecule has 1 aromatic heterocycles. The van der Waals surface area contributed by atoms with Crippen LogP contribution in [0.2, 0.25) is 0 Å². The van der Waals surface area contributed by atoms with E-state index in [1.807, 2.05) is 24.3 Å². The number of halogens is 1. The number of aryl methyl sites for hydroxylation is 1. The SMILES string of the molecule is CC(O)c1ccc(C2(CNC(=O)CCc3ccccc3Br)CCCC2)s1. The molecule has 0 spiro atoms. The number of hydrogen-bond acceptors (Lipinski definition) is 3. The lowest BCUT2D eigenvalue weighted by Crippen LogP contribution is -2.38. The van der Waals surface area contributed by atoms with Crippen molar-refractivity contribution in [1.82, 2.24) is 5.32 Å². The van der Waals surface area contributed by atoms with Gasteiger partial charge in [-0.2, -0.15) is 0 Å². The molecule has 2 aromatic rings. The van der Waals surface area contributed by atoms with E-state index in [2.05, 4.69) is 33.4 Å².